The Hall–Kier alpha value is -1.05. The minimum absolute atomic E-state index is 0.0707. The fourth-order valence-corrected chi connectivity index (χ4v) is 3.43. The first kappa shape index (κ1) is 16.3. The van der Waals surface area contributed by atoms with Crippen molar-refractivity contribution in [2.24, 2.45) is 0 Å². The van der Waals surface area contributed by atoms with E-state index in [9.17, 15) is 17.2 Å². The lowest BCUT2D eigenvalue weighted by atomic mass is 10.1. The summed E-state index contributed by atoms with van der Waals surface area (Å²) in [5.74, 6) is 0. The minimum atomic E-state index is -3.91. The molecule has 1 aromatic rings. The van der Waals surface area contributed by atoms with Gasteiger partial charge >= 0.3 is 0 Å². The van der Waals surface area contributed by atoms with Gasteiger partial charge in [-0.25, -0.2) is 21.9 Å². The Morgan fingerprint density at radius 3 is 2.48 bits per heavy atom. The van der Waals surface area contributed by atoms with Gasteiger partial charge in [0, 0.05) is 12.6 Å². The number of rotatable bonds is 7. The number of hydrogen-bond donors (Lipinski definition) is 2. The van der Waals surface area contributed by atoms with Gasteiger partial charge in [0.25, 0.3) is 6.43 Å². The first-order valence-corrected chi connectivity index (χ1v) is 8.39. The lowest BCUT2D eigenvalue weighted by molar-refractivity contribution is 0.153. The monoisotopic (exact) mass is 318 g/mol. The summed E-state index contributed by atoms with van der Waals surface area (Å²) in [6.07, 6.45) is -0.417. The molecule has 0 spiro atoms. The van der Waals surface area contributed by atoms with Crippen LogP contribution in [0, 0.1) is 13.8 Å². The van der Waals surface area contributed by atoms with Gasteiger partial charge in [-0.1, -0.05) is 6.07 Å². The molecule has 4 nitrogen and oxygen atoms in total. The Bertz CT molecular complexity index is 614. The second kappa shape index (κ2) is 6.37. The molecular weight excluding hydrogens is 298 g/mol. The van der Waals surface area contributed by atoms with Crippen LogP contribution >= 0.6 is 0 Å². The fourth-order valence-electron chi connectivity index (χ4n) is 2.15. The Morgan fingerprint density at radius 2 is 1.90 bits per heavy atom. The SMILES string of the molecule is Cc1cc(C)c(S(=O)(=O)NCC(F)F)cc1CNC1CC1. The van der Waals surface area contributed by atoms with Crippen LogP contribution in [0.1, 0.15) is 29.5 Å². The number of sulfonamides is 1. The Kier molecular flexibility index (Phi) is 4.95. The van der Waals surface area contributed by atoms with Crippen LogP contribution in [0.15, 0.2) is 17.0 Å². The molecule has 0 saturated heterocycles. The summed E-state index contributed by atoms with van der Waals surface area (Å²) < 4.78 is 50.6. The van der Waals surface area contributed by atoms with Gasteiger partial charge in [-0.05, 0) is 49.4 Å². The highest BCUT2D eigenvalue weighted by molar-refractivity contribution is 7.89. The number of benzene rings is 1. The number of aryl methyl sites for hydroxylation is 2. The predicted octanol–water partition coefficient (Wildman–Crippen LogP) is 2.10. The molecule has 2 rings (SSSR count). The van der Waals surface area contributed by atoms with Crippen molar-refractivity contribution in [1.29, 1.82) is 0 Å². The number of alkyl halides is 2. The molecule has 1 fully saturated rings. The van der Waals surface area contributed by atoms with E-state index in [0.717, 1.165) is 24.0 Å². The van der Waals surface area contributed by atoms with Gasteiger partial charge in [0.2, 0.25) is 10.0 Å². The summed E-state index contributed by atoms with van der Waals surface area (Å²) in [5, 5.41) is 3.33. The van der Waals surface area contributed by atoms with Crippen LogP contribution in [0.5, 0.6) is 0 Å². The second-order valence-electron chi connectivity index (χ2n) is 5.44. The van der Waals surface area contributed by atoms with Gasteiger partial charge in [-0.15, -0.1) is 0 Å². The third-order valence-corrected chi connectivity index (χ3v) is 5.07. The maximum atomic E-state index is 12.2. The summed E-state index contributed by atoms with van der Waals surface area (Å²) in [4.78, 5) is 0.0707. The first-order chi connectivity index (χ1) is 9.79. The quantitative estimate of drug-likeness (QED) is 0.809. The average Bonchev–Trinajstić information content (AvgIpc) is 3.19. The summed E-state index contributed by atoms with van der Waals surface area (Å²) in [5.41, 5.74) is 2.43. The van der Waals surface area contributed by atoms with Gasteiger partial charge in [0.05, 0.1) is 11.4 Å². The van der Waals surface area contributed by atoms with Crippen LogP contribution in [0.25, 0.3) is 0 Å². The van der Waals surface area contributed by atoms with Gasteiger partial charge < -0.3 is 5.32 Å². The van der Waals surface area contributed by atoms with Gasteiger partial charge in [0.1, 0.15) is 0 Å². The topological polar surface area (TPSA) is 58.2 Å². The Balaban J connectivity index is 2.22. The van der Waals surface area contributed by atoms with Crippen LogP contribution in [-0.4, -0.2) is 27.4 Å². The van der Waals surface area contributed by atoms with E-state index in [-0.39, 0.29) is 4.90 Å². The van der Waals surface area contributed by atoms with Crippen molar-refractivity contribution in [3.05, 3.63) is 28.8 Å². The van der Waals surface area contributed by atoms with E-state index in [1.54, 1.807) is 19.1 Å². The summed E-state index contributed by atoms with van der Waals surface area (Å²) in [6, 6.07) is 3.87. The highest BCUT2D eigenvalue weighted by atomic mass is 32.2. The van der Waals surface area contributed by atoms with Crippen molar-refractivity contribution >= 4 is 10.0 Å². The van der Waals surface area contributed by atoms with Crippen molar-refractivity contribution in [3.8, 4) is 0 Å². The molecule has 0 amide bonds. The highest BCUT2D eigenvalue weighted by Crippen LogP contribution is 2.23. The zero-order valence-corrected chi connectivity index (χ0v) is 12.9. The van der Waals surface area contributed by atoms with Crippen LogP contribution in [0.2, 0.25) is 0 Å². The van der Waals surface area contributed by atoms with Gasteiger partial charge in [-0.2, -0.15) is 0 Å². The van der Waals surface area contributed by atoms with E-state index in [1.165, 1.54) is 0 Å². The zero-order valence-electron chi connectivity index (χ0n) is 12.1. The van der Waals surface area contributed by atoms with Crippen molar-refractivity contribution in [1.82, 2.24) is 10.0 Å². The molecule has 0 radical (unpaired) electrons. The molecule has 1 saturated carbocycles. The van der Waals surface area contributed by atoms with Crippen LogP contribution in [0.3, 0.4) is 0 Å². The molecule has 0 heterocycles. The molecule has 2 N–H and O–H groups in total. The van der Waals surface area contributed by atoms with Crippen molar-refractivity contribution in [3.63, 3.8) is 0 Å². The van der Waals surface area contributed by atoms with Gasteiger partial charge in [0.15, 0.2) is 0 Å². The van der Waals surface area contributed by atoms with Crippen molar-refractivity contribution in [2.45, 2.75) is 50.6 Å². The molecule has 118 valence electrons. The van der Waals surface area contributed by atoms with E-state index in [0.29, 0.717) is 18.2 Å². The Labute approximate surface area is 124 Å². The summed E-state index contributed by atoms with van der Waals surface area (Å²) in [7, 11) is -3.91. The lowest BCUT2D eigenvalue weighted by Gasteiger charge is -2.14. The molecule has 1 aromatic carbocycles. The molecule has 0 atom stereocenters. The lowest BCUT2D eigenvalue weighted by Crippen LogP contribution is -2.29. The molecule has 21 heavy (non-hydrogen) atoms. The normalized spacial score (nSPS) is 15.7. The third-order valence-electron chi connectivity index (χ3n) is 3.51. The van der Waals surface area contributed by atoms with Crippen molar-refractivity contribution in [2.75, 3.05) is 6.54 Å². The van der Waals surface area contributed by atoms with E-state index >= 15 is 0 Å². The van der Waals surface area contributed by atoms with Gasteiger partial charge in [-0.3, -0.25) is 0 Å². The minimum Gasteiger partial charge on any atom is -0.310 e. The molecular formula is C14H20F2N2O2S. The van der Waals surface area contributed by atoms with E-state index in [1.807, 2.05) is 11.6 Å². The number of hydrogen-bond acceptors (Lipinski definition) is 3. The predicted molar refractivity (Wildman–Crippen MR) is 77.0 cm³/mol. The van der Waals surface area contributed by atoms with Crippen molar-refractivity contribution < 1.29 is 17.2 Å². The third kappa shape index (κ3) is 4.46. The van der Waals surface area contributed by atoms with E-state index < -0.39 is 23.0 Å². The van der Waals surface area contributed by atoms with Crippen LogP contribution < -0.4 is 10.0 Å². The second-order valence-corrected chi connectivity index (χ2v) is 7.18. The maximum absolute atomic E-state index is 12.2. The highest BCUT2D eigenvalue weighted by Gasteiger charge is 2.22. The number of nitrogens with one attached hydrogen (secondary N) is 2. The molecule has 0 unspecified atom stereocenters. The molecule has 0 bridgehead atoms. The number of halogens is 2. The molecule has 0 aliphatic heterocycles. The average molecular weight is 318 g/mol. The van der Waals surface area contributed by atoms with Crippen LogP contribution in [-0.2, 0) is 16.6 Å². The van der Waals surface area contributed by atoms with Crippen LogP contribution in [0.4, 0.5) is 8.78 Å². The zero-order chi connectivity index (χ0) is 15.6. The fraction of sp³-hybridized carbons (Fsp3) is 0.571. The largest absolute Gasteiger partial charge is 0.310 e. The smallest absolute Gasteiger partial charge is 0.251 e. The molecule has 0 aromatic heterocycles. The molecule has 1 aliphatic rings. The molecule has 7 heteroatoms. The standard InChI is InChI=1S/C14H20F2N2O2S/c1-9-5-10(2)13(21(19,20)18-8-14(15)16)6-11(9)7-17-12-3-4-12/h5-6,12,14,17-18H,3-4,7-8H2,1-2H3. The summed E-state index contributed by atoms with van der Waals surface area (Å²) in [6.45, 7) is 3.31. The molecule has 1 aliphatic carbocycles. The van der Waals surface area contributed by atoms with E-state index in [2.05, 4.69) is 5.32 Å². The first-order valence-electron chi connectivity index (χ1n) is 6.91. The van der Waals surface area contributed by atoms with E-state index in [4.69, 9.17) is 0 Å². The summed E-state index contributed by atoms with van der Waals surface area (Å²) >= 11 is 0. The Morgan fingerprint density at radius 1 is 1.24 bits per heavy atom. The maximum Gasteiger partial charge on any atom is 0.251 e.